The molecule has 148 valence electrons. The smallest absolute Gasteiger partial charge is 0.268 e. The Balaban J connectivity index is 1.80. The zero-order chi connectivity index (χ0) is 21.0. The molecule has 9 nitrogen and oxygen atoms in total. The Morgan fingerprint density at radius 2 is 2.00 bits per heavy atom. The molecule has 0 unspecified atom stereocenters. The number of anilines is 1. The van der Waals surface area contributed by atoms with Crippen molar-refractivity contribution in [1.29, 1.82) is 0 Å². The first-order valence-corrected chi connectivity index (χ1v) is 10.2. The van der Waals surface area contributed by atoms with Crippen molar-refractivity contribution in [2.75, 3.05) is 5.73 Å². The van der Waals surface area contributed by atoms with Gasteiger partial charge in [-0.25, -0.2) is 29.2 Å². The van der Waals surface area contributed by atoms with Crippen molar-refractivity contribution in [2.24, 2.45) is 0 Å². The molecule has 5 aromatic rings. The first kappa shape index (κ1) is 18.4. The Labute approximate surface area is 175 Å². The summed E-state index contributed by atoms with van der Waals surface area (Å²) in [6, 6.07) is 3.76. The van der Waals surface area contributed by atoms with E-state index in [4.69, 9.17) is 10.7 Å². The molecule has 0 spiro atoms. The highest BCUT2D eigenvalue weighted by atomic mass is 32.1. The van der Waals surface area contributed by atoms with Crippen LogP contribution in [0.1, 0.15) is 17.0 Å². The van der Waals surface area contributed by atoms with Crippen molar-refractivity contribution >= 4 is 51.8 Å². The maximum absolute atomic E-state index is 13.5. The summed E-state index contributed by atoms with van der Waals surface area (Å²) in [5.41, 5.74) is 8.98. The normalized spacial score (nSPS) is 11.5. The van der Waals surface area contributed by atoms with Crippen LogP contribution in [0.5, 0.6) is 0 Å². The zero-order valence-electron chi connectivity index (χ0n) is 16.6. The molecule has 0 saturated heterocycles. The molecule has 5 rings (SSSR count). The lowest BCUT2D eigenvalue weighted by atomic mass is 10.0. The largest absolute Gasteiger partial charge is 0.383 e. The molecule has 0 saturated carbocycles. The third kappa shape index (κ3) is 2.70. The number of aromatic nitrogens is 7. The maximum atomic E-state index is 13.5. The second-order valence-corrected chi connectivity index (χ2v) is 7.97. The van der Waals surface area contributed by atoms with Crippen LogP contribution in [0, 0.1) is 13.8 Å². The van der Waals surface area contributed by atoms with Gasteiger partial charge in [0.2, 0.25) is 0 Å². The second-order valence-electron chi connectivity index (χ2n) is 7.11. The van der Waals surface area contributed by atoms with Crippen LogP contribution in [0.2, 0.25) is 0 Å². The lowest BCUT2D eigenvalue weighted by Crippen LogP contribution is -2.27. The van der Waals surface area contributed by atoms with Crippen LogP contribution in [-0.4, -0.2) is 42.1 Å². The van der Waals surface area contributed by atoms with Crippen molar-refractivity contribution in [2.45, 2.75) is 20.4 Å². The number of nitrogen functional groups attached to an aromatic ring is 1. The van der Waals surface area contributed by atoms with Crippen molar-refractivity contribution in [3.8, 4) is 5.82 Å². The number of hydrogen-bond acceptors (Lipinski definition) is 8. The van der Waals surface area contributed by atoms with Crippen LogP contribution >= 0.6 is 11.3 Å². The Hall–Kier alpha value is -3.60. The van der Waals surface area contributed by atoms with E-state index in [1.807, 2.05) is 39.2 Å². The Kier molecular flexibility index (Phi) is 4.14. The summed E-state index contributed by atoms with van der Waals surface area (Å²) in [5, 5.41) is 7.84. The molecule has 0 atom stereocenters. The Bertz CT molecular complexity index is 1500. The molecule has 30 heavy (non-hydrogen) atoms. The summed E-state index contributed by atoms with van der Waals surface area (Å²) in [6.45, 7) is 4.07. The van der Waals surface area contributed by atoms with E-state index in [2.05, 4.69) is 20.1 Å². The predicted octanol–water partition coefficient (Wildman–Crippen LogP) is 0.488. The lowest BCUT2D eigenvalue weighted by Gasteiger charge is -2.14. The van der Waals surface area contributed by atoms with Gasteiger partial charge >= 0.3 is 0 Å². The second kappa shape index (κ2) is 6.73. The molecule has 0 amide bonds. The minimum absolute atomic E-state index is 0.141. The molecule has 0 aliphatic carbocycles. The van der Waals surface area contributed by atoms with Gasteiger partial charge in [0.25, 0.3) is 5.56 Å². The molecule has 5 aromatic heterocycles. The summed E-state index contributed by atoms with van der Waals surface area (Å²) in [5.74, 6) is 1.46. The van der Waals surface area contributed by atoms with Crippen LogP contribution in [0.15, 0.2) is 34.8 Å². The number of nitrogens with zero attached hydrogens (tertiary/aromatic N) is 7. The van der Waals surface area contributed by atoms with Gasteiger partial charge in [0.05, 0.1) is 10.8 Å². The first-order valence-electron chi connectivity index (χ1n) is 9.31. The van der Waals surface area contributed by atoms with Gasteiger partial charge < -0.3 is 5.73 Å². The van der Waals surface area contributed by atoms with Gasteiger partial charge in [-0.2, -0.15) is 5.10 Å². The monoisotopic (exact) mass is 416 g/mol. The number of thiophene rings is 1. The van der Waals surface area contributed by atoms with Gasteiger partial charge in [-0.05, 0) is 36.4 Å². The lowest BCUT2D eigenvalue weighted by molar-refractivity contribution is 0.650. The van der Waals surface area contributed by atoms with E-state index in [0.717, 1.165) is 16.7 Å². The number of rotatable bonds is 3. The number of hydrogen-bond donors (Lipinski definition) is 1. The minimum atomic E-state index is -0.141. The highest BCUT2D eigenvalue weighted by Gasteiger charge is 2.20. The van der Waals surface area contributed by atoms with E-state index in [0.29, 0.717) is 38.7 Å². The van der Waals surface area contributed by atoms with E-state index in [9.17, 15) is 4.79 Å². The van der Waals surface area contributed by atoms with Gasteiger partial charge in [-0.1, -0.05) is 6.07 Å². The predicted molar refractivity (Wildman–Crippen MR) is 120 cm³/mol. The standard InChI is InChI=1S/C19H17BN8OS/c1-9-4-3-5-22-16(9)28-11(25-18-12(19(28)29)10(2)7-30-18)6-27-17-13(14(20)26-27)15(21)23-8-24-17/h3-5,7-8H,6,20H2,1-2H3,(H2,21,23,24). The average Bonchev–Trinajstić information content (AvgIpc) is 3.24. The molecule has 0 aromatic carbocycles. The SMILES string of the molecule is Bc1nn(Cc2nc3scc(C)c3c(=O)n2-c2ncccc2C)c2ncnc(N)c12. The topological polar surface area (TPSA) is 117 Å². The highest BCUT2D eigenvalue weighted by molar-refractivity contribution is 7.16. The van der Waals surface area contributed by atoms with Crippen molar-refractivity contribution in [3.63, 3.8) is 0 Å². The third-order valence-corrected chi connectivity index (χ3v) is 6.07. The van der Waals surface area contributed by atoms with E-state index < -0.39 is 0 Å². The summed E-state index contributed by atoms with van der Waals surface area (Å²) in [6.07, 6.45) is 3.08. The van der Waals surface area contributed by atoms with Crippen LogP contribution in [0.4, 0.5) is 5.82 Å². The summed E-state index contributed by atoms with van der Waals surface area (Å²) in [4.78, 5) is 31.9. The van der Waals surface area contributed by atoms with Gasteiger partial charge in [-0.15, -0.1) is 11.3 Å². The molecule has 2 N–H and O–H groups in total. The maximum Gasteiger partial charge on any atom is 0.268 e. The van der Waals surface area contributed by atoms with E-state index >= 15 is 0 Å². The van der Waals surface area contributed by atoms with E-state index in [1.165, 1.54) is 17.7 Å². The zero-order valence-corrected chi connectivity index (χ0v) is 17.4. The highest BCUT2D eigenvalue weighted by Crippen LogP contribution is 2.23. The fraction of sp³-hybridized carbons (Fsp3) is 0.158. The summed E-state index contributed by atoms with van der Waals surface area (Å²) < 4.78 is 3.27. The first-order chi connectivity index (χ1) is 14.5. The molecular formula is C19H17BN8OS. The fourth-order valence-electron chi connectivity index (χ4n) is 3.66. The molecule has 11 heteroatoms. The number of aryl methyl sites for hydroxylation is 2. The van der Waals surface area contributed by atoms with Crippen molar-refractivity contribution in [1.82, 2.24) is 34.3 Å². The number of fused-ring (bicyclic) bond motifs is 2. The average molecular weight is 416 g/mol. The number of pyridine rings is 1. The molecule has 0 aliphatic rings. The van der Waals surface area contributed by atoms with Gasteiger partial charge in [0.15, 0.2) is 13.5 Å². The van der Waals surface area contributed by atoms with Crippen LogP contribution in [-0.2, 0) is 6.54 Å². The molecule has 0 fully saturated rings. The van der Waals surface area contributed by atoms with Gasteiger partial charge in [0, 0.05) is 11.8 Å². The molecular weight excluding hydrogens is 399 g/mol. The summed E-state index contributed by atoms with van der Waals surface area (Å²) >= 11 is 1.45. The Morgan fingerprint density at radius 3 is 2.80 bits per heavy atom. The fourth-order valence-corrected chi connectivity index (χ4v) is 4.59. The molecule has 0 aliphatic heterocycles. The van der Waals surface area contributed by atoms with Crippen molar-refractivity contribution < 1.29 is 0 Å². The van der Waals surface area contributed by atoms with Crippen LogP contribution < -0.4 is 16.9 Å². The van der Waals surface area contributed by atoms with Crippen LogP contribution in [0.3, 0.4) is 0 Å². The molecule has 5 heterocycles. The third-order valence-electron chi connectivity index (χ3n) is 5.08. The Morgan fingerprint density at radius 1 is 1.17 bits per heavy atom. The quantitative estimate of drug-likeness (QED) is 0.426. The van der Waals surface area contributed by atoms with E-state index in [1.54, 1.807) is 15.4 Å². The molecule has 0 bridgehead atoms. The number of nitrogens with two attached hydrogens (primary N) is 1. The minimum Gasteiger partial charge on any atom is -0.383 e. The van der Waals surface area contributed by atoms with Gasteiger partial charge in [0.1, 0.15) is 35.2 Å². The summed E-state index contributed by atoms with van der Waals surface area (Å²) in [7, 11) is 1.85. The van der Waals surface area contributed by atoms with E-state index in [-0.39, 0.29) is 12.1 Å². The van der Waals surface area contributed by atoms with Crippen molar-refractivity contribution in [3.05, 3.63) is 57.3 Å². The van der Waals surface area contributed by atoms with Gasteiger partial charge in [-0.3, -0.25) is 4.79 Å². The molecule has 0 radical (unpaired) electrons. The van der Waals surface area contributed by atoms with Crippen LogP contribution in [0.25, 0.3) is 27.1 Å².